The Balaban J connectivity index is 4.44. The molecule has 0 aliphatic heterocycles. The van der Waals surface area contributed by atoms with Crippen LogP contribution in [0.5, 0.6) is 0 Å². The van der Waals surface area contributed by atoms with Gasteiger partial charge in [0.2, 0.25) is 0 Å². The van der Waals surface area contributed by atoms with Gasteiger partial charge in [-0.1, -0.05) is 202 Å². The van der Waals surface area contributed by atoms with Gasteiger partial charge in [-0.3, -0.25) is 14.4 Å². The molecule has 0 rings (SSSR count). The third kappa shape index (κ3) is 47.5. The smallest absolute Gasteiger partial charge is 0.306 e. The van der Waals surface area contributed by atoms with E-state index < -0.39 is 6.10 Å². The fourth-order valence-corrected chi connectivity index (χ4v) is 6.60. The number of carbonyl (C=O) groups excluding carboxylic acids is 3. The van der Waals surface area contributed by atoms with Gasteiger partial charge in [0.05, 0.1) is 0 Å². The van der Waals surface area contributed by atoms with E-state index in [4.69, 9.17) is 14.2 Å². The Morgan fingerprint density at radius 2 is 0.656 bits per heavy atom. The average molecular weight is 849 g/mol. The lowest BCUT2D eigenvalue weighted by Gasteiger charge is -2.18. The van der Waals surface area contributed by atoms with E-state index in [0.29, 0.717) is 19.3 Å². The Bertz CT molecular complexity index is 1200. The van der Waals surface area contributed by atoms with Crippen molar-refractivity contribution in [1.29, 1.82) is 0 Å². The molecule has 0 aliphatic rings. The molecule has 6 nitrogen and oxygen atoms in total. The molecule has 0 saturated carbocycles. The minimum absolute atomic E-state index is 0.0924. The standard InChI is InChI=1S/C55H92O6/c1-4-7-10-13-16-19-22-24-26-27-28-29-30-32-33-36-39-42-45-48-54(57)60-51-52(50-59-53(56)47-44-41-38-35-21-18-15-12-9-6-3)61-55(58)49-46-43-40-37-34-31-25-23-20-17-14-11-8-5-2/h7,10,14,16-17,19,23-26,28-29,32-33,52H,4-6,8-9,11-13,15,18,20-22,27,30-31,34-51H2,1-3H3/b10-7-,17-14-,19-16-,25-23-,26-24-,29-28-,33-32-/t52-/m1/s1. The average Bonchev–Trinajstić information content (AvgIpc) is 3.26. The van der Waals surface area contributed by atoms with Crippen molar-refractivity contribution in [1.82, 2.24) is 0 Å². The summed E-state index contributed by atoms with van der Waals surface area (Å²) in [4.78, 5) is 37.9. The van der Waals surface area contributed by atoms with Crippen LogP contribution in [-0.2, 0) is 28.6 Å². The summed E-state index contributed by atoms with van der Waals surface area (Å²) >= 11 is 0. The molecule has 0 fully saturated rings. The van der Waals surface area contributed by atoms with E-state index in [2.05, 4.69) is 106 Å². The number of ether oxygens (including phenoxy) is 3. The highest BCUT2D eigenvalue weighted by Crippen LogP contribution is 2.13. The van der Waals surface area contributed by atoms with Crippen molar-refractivity contribution in [2.75, 3.05) is 13.2 Å². The predicted octanol–water partition coefficient (Wildman–Crippen LogP) is 16.4. The quantitative estimate of drug-likeness (QED) is 0.0263. The van der Waals surface area contributed by atoms with Gasteiger partial charge in [-0.15, -0.1) is 0 Å². The molecule has 0 N–H and O–H groups in total. The third-order valence-electron chi connectivity index (χ3n) is 10.4. The van der Waals surface area contributed by atoms with Crippen molar-refractivity contribution in [3.8, 4) is 0 Å². The molecule has 0 amide bonds. The summed E-state index contributed by atoms with van der Waals surface area (Å²) in [6.07, 6.45) is 62.8. The molecule has 0 aliphatic carbocycles. The maximum absolute atomic E-state index is 12.8. The molecule has 0 bridgehead atoms. The Hall–Kier alpha value is -3.41. The highest BCUT2D eigenvalue weighted by Gasteiger charge is 2.19. The van der Waals surface area contributed by atoms with Gasteiger partial charge in [0.15, 0.2) is 6.10 Å². The number of carbonyl (C=O) groups is 3. The van der Waals surface area contributed by atoms with Crippen molar-refractivity contribution in [3.63, 3.8) is 0 Å². The fourth-order valence-electron chi connectivity index (χ4n) is 6.60. The van der Waals surface area contributed by atoms with Crippen LogP contribution < -0.4 is 0 Å². The van der Waals surface area contributed by atoms with E-state index in [9.17, 15) is 14.4 Å². The lowest BCUT2D eigenvalue weighted by atomic mass is 10.1. The van der Waals surface area contributed by atoms with E-state index in [0.717, 1.165) is 122 Å². The maximum atomic E-state index is 12.8. The van der Waals surface area contributed by atoms with Crippen LogP contribution in [0, 0.1) is 0 Å². The second-order valence-corrected chi connectivity index (χ2v) is 16.3. The Morgan fingerprint density at radius 1 is 0.344 bits per heavy atom. The zero-order valence-corrected chi connectivity index (χ0v) is 39.7. The Labute approximate surface area is 375 Å². The molecule has 0 aromatic carbocycles. The molecule has 0 aromatic heterocycles. The maximum Gasteiger partial charge on any atom is 0.306 e. The summed E-state index contributed by atoms with van der Waals surface area (Å²) in [5.41, 5.74) is 0. The third-order valence-corrected chi connectivity index (χ3v) is 10.4. The van der Waals surface area contributed by atoms with E-state index in [1.54, 1.807) is 0 Å². The first-order valence-electron chi connectivity index (χ1n) is 25.1. The number of unbranched alkanes of at least 4 members (excludes halogenated alkanes) is 19. The first-order valence-corrected chi connectivity index (χ1v) is 25.1. The summed E-state index contributed by atoms with van der Waals surface area (Å²) in [7, 11) is 0. The number of hydrogen-bond donors (Lipinski definition) is 0. The minimum atomic E-state index is -0.795. The van der Waals surface area contributed by atoms with Gasteiger partial charge in [0, 0.05) is 19.3 Å². The summed E-state index contributed by atoms with van der Waals surface area (Å²) in [6.45, 7) is 6.42. The molecular weight excluding hydrogens is 757 g/mol. The molecule has 0 aromatic rings. The highest BCUT2D eigenvalue weighted by atomic mass is 16.6. The number of esters is 3. The summed E-state index contributed by atoms with van der Waals surface area (Å²) in [5, 5.41) is 0. The molecule has 0 heterocycles. The molecule has 6 heteroatoms. The van der Waals surface area contributed by atoms with E-state index in [1.165, 1.54) is 64.2 Å². The zero-order chi connectivity index (χ0) is 44.4. The number of hydrogen-bond acceptors (Lipinski definition) is 6. The monoisotopic (exact) mass is 849 g/mol. The molecule has 0 unspecified atom stereocenters. The number of rotatable bonds is 44. The van der Waals surface area contributed by atoms with Gasteiger partial charge < -0.3 is 14.2 Å². The van der Waals surface area contributed by atoms with Crippen molar-refractivity contribution in [2.24, 2.45) is 0 Å². The van der Waals surface area contributed by atoms with Crippen molar-refractivity contribution in [2.45, 2.75) is 232 Å². The largest absolute Gasteiger partial charge is 0.462 e. The van der Waals surface area contributed by atoms with Crippen molar-refractivity contribution >= 4 is 17.9 Å². The van der Waals surface area contributed by atoms with Gasteiger partial charge in [-0.25, -0.2) is 0 Å². The molecule has 0 spiro atoms. The van der Waals surface area contributed by atoms with Crippen LogP contribution in [0.4, 0.5) is 0 Å². The van der Waals surface area contributed by atoms with Gasteiger partial charge >= 0.3 is 17.9 Å². The molecule has 0 radical (unpaired) electrons. The second kappa shape index (κ2) is 49.2. The van der Waals surface area contributed by atoms with Crippen molar-refractivity contribution < 1.29 is 28.6 Å². The van der Waals surface area contributed by atoms with Crippen molar-refractivity contribution in [3.05, 3.63) is 85.1 Å². The molecule has 61 heavy (non-hydrogen) atoms. The molecular formula is C55H92O6. The van der Waals surface area contributed by atoms with Gasteiger partial charge in [-0.05, 0) is 89.9 Å². The summed E-state index contributed by atoms with van der Waals surface area (Å²) in [6, 6.07) is 0. The van der Waals surface area contributed by atoms with Gasteiger partial charge in [-0.2, -0.15) is 0 Å². The topological polar surface area (TPSA) is 78.9 Å². The van der Waals surface area contributed by atoms with E-state index in [-0.39, 0.29) is 31.1 Å². The zero-order valence-electron chi connectivity index (χ0n) is 39.7. The second-order valence-electron chi connectivity index (χ2n) is 16.3. The van der Waals surface area contributed by atoms with E-state index >= 15 is 0 Å². The highest BCUT2D eigenvalue weighted by molar-refractivity contribution is 5.71. The fraction of sp³-hybridized carbons (Fsp3) is 0.691. The lowest BCUT2D eigenvalue weighted by Crippen LogP contribution is -2.30. The summed E-state index contributed by atoms with van der Waals surface area (Å²) < 4.78 is 16.7. The first kappa shape index (κ1) is 57.6. The lowest BCUT2D eigenvalue weighted by molar-refractivity contribution is -0.167. The molecule has 0 saturated heterocycles. The number of allylic oxidation sites excluding steroid dienone is 14. The SMILES string of the molecule is CC/C=C\C/C=C\C/C=C\C/C=C\C/C=C\CCCCCC(=O)OC[C@@H](COC(=O)CCCCCCCCCCCC)OC(=O)CCCCCCC/C=C\C/C=C\CCCC. The van der Waals surface area contributed by atoms with Crippen LogP contribution in [0.1, 0.15) is 226 Å². The van der Waals surface area contributed by atoms with Crippen LogP contribution in [0.15, 0.2) is 85.1 Å². The van der Waals surface area contributed by atoms with Gasteiger partial charge in [0.25, 0.3) is 0 Å². The Kier molecular flexibility index (Phi) is 46.5. The van der Waals surface area contributed by atoms with Crippen LogP contribution in [0.25, 0.3) is 0 Å². The normalized spacial score (nSPS) is 12.8. The van der Waals surface area contributed by atoms with Gasteiger partial charge in [0.1, 0.15) is 13.2 Å². The van der Waals surface area contributed by atoms with Crippen LogP contribution >= 0.6 is 0 Å². The first-order chi connectivity index (χ1) is 30.0. The van der Waals surface area contributed by atoms with Crippen LogP contribution in [-0.4, -0.2) is 37.2 Å². The van der Waals surface area contributed by atoms with E-state index in [1.807, 2.05) is 0 Å². The minimum Gasteiger partial charge on any atom is -0.462 e. The molecule has 1 atom stereocenters. The predicted molar refractivity (Wildman–Crippen MR) is 261 cm³/mol. The molecule has 348 valence electrons. The summed E-state index contributed by atoms with van der Waals surface area (Å²) in [5.74, 6) is -0.944. The Morgan fingerprint density at radius 3 is 1.07 bits per heavy atom. The van der Waals surface area contributed by atoms with Crippen LogP contribution in [0.2, 0.25) is 0 Å². The van der Waals surface area contributed by atoms with Crippen LogP contribution in [0.3, 0.4) is 0 Å².